The molecule has 2 aromatic carbocycles. The van der Waals surface area contributed by atoms with Crippen LogP contribution in [0.4, 0.5) is 11.4 Å². The van der Waals surface area contributed by atoms with Crippen LogP contribution in [0.25, 0.3) is 0 Å². The Morgan fingerprint density at radius 2 is 1.30 bits per heavy atom. The van der Waals surface area contributed by atoms with Gasteiger partial charge in [-0.3, -0.25) is 0 Å². The zero-order valence-corrected chi connectivity index (χ0v) is 12.6. The minimum absolute atomic E-state index is 0.258. The second-order valence-corrected chi connectivity index (χ2v) is 5.42. The van der Waals surface area contributed by atoms with E-state index in [-0.39, 0.29) is 5.75 Å². The first kappa shape index (κ1) is 14.7. The molecular weight excluding hydrogens is 288 g/mol. The molecule has 0 unspecified atom stereocenters. The van der Waals surface area contributed by atoms with Gasteiger partial charge in [-0.2, -0.15) is 10.5 Å². The van der Waals surface area contributed by atoms with E-state index in [1.165, 1.54) is 0 Å². The van der Waals surface area contributed by atoms with Crippen LogP contribution >= 0.6 is 0 Å². The van der Waals surface area contributed by atoms with Gasteiger partial charge in [-0.25, -0.2) is 0 Å². The second kappa shape index (κ2) is 6.29. The monoisotopic (exact) mass is 304 g/mol. The van der Waals surface area contributed by atoms with E-state index in [2.05, 4.69) is 21.9 Å². The van der Waals surface area contributed by atoms with Crippen molar-refractivity contribution in [2.45, 2.75) is 0 Å². The van der Waals surface area contributed by atoms with Crippen molar-refractivity contribution in [3.05, 3.63) is 53.6 Å². The maximum atomic E-state index is 9.37. The fourth-order valence-electron chi connectivity index (χ4n) is 2.92. The zero-order chi connectivity index (χ0) is 16.2. The molecule has 1 N–H and O–H groups in total. The Hall–Kier alpha value is -3.18. The number of hydrogen-bond donors (Lipinski definition) is 1. The van der Waals surface area contributed by atoms with Gasteiger partial charge in [0.15, 0.2) is 0 Å². The topological polar surface area (TPSA) is 74.3 Å². The van der Waals surface area contributed by atoms with Crippen LogP contribution < -0.4 is 9.80 Å². The van der Waals surface area contributed by atoms with Crippen LogP contribution in [0, 0.1) is 22.7 Å². The number of nitriles is 2. The van der Waals surface area contributed by atoms with Crippen molar-refractivity contribution in [3.63, 3.8) is 0 Å². The molecule has 114 valence electrons. The van der Waals surface area contributed by atoms with Crippen LogP contribution in [-0.2, 0) is 0 Å². The van der Waals surface area contributed by atoms with Crippen molar-refractivity contribution < 1.29 is 5.11 Å². The Morgan fingerprint density at radius 3 is 1.83 bits per heavy atom. The lowest BCUT2D eigenvalue weighted by molar-refractivity contribution is 0.475. The molecule has 0 spiro atoms. The summed E-state index contributed by atoms with van der Waals surface area (Å²) in [4.78, 5) is 4.34. The van der Waals surface area contributed by atoms with E-state index in [1.54, 1.807) is 30.3 Å². The average Bonchev–Trinajstić information content (AvgIpc) is 2.62. The lowest BCUT2D eigenvalue weighted by atomic mass is 10.1. The summed E-state index contributed by atoms with van der Waals surface area (Å²) in [5.74, 6) is 0.258. The maximum absolute atomic E-state index is 9.37. The van der Waals surface area contributed by atoms with Crippen molar-refractivity contribution in [1.82, 2.24) is 0 Å². The van der Waals surface area contributed by atoms with Crippen molar-refractivity contribution in [3.8, 4) is 17.9 Å². The molecule has 1 aliphatic heterocycles. The summed E-state index contributed by atoms with van der Waals surface area (Å²) < 4.78 is 0. The van der Waals surface area contributed by atoms with Gasteiger partial charge >= 0.3 is 0 Å². The smallest absolute Gasteiger partial charge is 0.115 e. The van der Waals surface area contributed by atoms with Gasteiger partial charge in [-0.1, -0.05) is 6.07 Å². The highest BCUT2D eigenvalue weighted by molar-refractivity contribution is 5.68. The molecule has 0 atom stereocenters. The van der Waals surface area contributed by atoms with Crippen molar-refractivity contribution in [2.24, 2.45) is 0 Å². The van der Waals surface area contributed by atoms with E-state index in [4.69, 9.17) is 0 Å². The lowest BCUT2D eigenvalue weighted by Gasteiger charge is -2.38. The highest BCUT2D eigenvalue weighted by atomic mass is 16.3. The van der Waals surface area contributed by atoms with Crippen LogP contribution in [0.3, 0.4) is 0 Å². The van der Waals surface area contributed by atoms with Crippen LogP contribution in [0.15, 0.2) is 42.5 Å². The molecule has 5 nitrogen and oxygen atoms in total. The van der Waals surface area contributed by atoms with E-state index >= 15 is 0 Å². The van der Waals surface area contributed by atoms with E-state index in [1.807, 2.05) is 12.1 Å². The Balaban J connectivity index is 1.79. The number of hydrogen-bond acceptors (Lipinski definition) is 5. The third kappa shape index (κ3) is 2.90. The van der Waals surface area contributed by atoms with Crippen molar-refractivity contribution >= 4 is 11.4 Å². The Morgan fingerprint density at radius 1 is 0.783 bits per heavy atom. The molecule has 0 saturated carbocycles. The molecule has 23 heavy (non-hydrogen) atoms. The van der Waals surface area contributed by atoms with Gasteiger partial charge < -0.3 is 14.9 Å². The number of piperazine rings is 1. The maximum Gasteiger partial charge on any atom is 0.115 e. The second-order valence-electron chi connectivity index (χ2n) is 5.42. The molecular formula is C18H16N4O. The van der Waals surface area contributed by atoms with E-state index in [9.17, 15) is 15.6 Å². The van der Waals surface area contributed by atoms with Crippen molar-refractivity contribution in [2.75, 3.05) is 36.0 Å². The first-order valence-corrected chi connectivity index (χ1v) is 7.45. The Kier molecular flexibility index (Phi) is 4.03. The predicted molar refractivity (Wildman–Crippen MR) is 88.4 cm³/mol. The minimum atomic E-state index is 0.258. The summed E-state index contributed by atoms with van der Waals surface area (Å²) in [6.45, 7) is 3.09. The van der Waals surface area contributed by atoms with Gasteiger partial charge in [-0.15, -0.1) is 0 Å². The fourth-order valence-corrected chi connectivity index (χ4v) is 2.92. The Labute approximate surface area is 135 Å². The molecule has 0 amide bonds. The highest BCUT2D eigenvalue weighted by Crippen LogP contribution is 2.27. The summed E-state index contributed by atoms with van der Waals surface area (Å²) in [6, 6.07) is 16.8. The Bertz CT molecular complexity index is 746. The minimum Gasteiger partial charge on any atom is -0.508 e. The third-order valence-electron chi connectivity index (χ3n) is 4.09. The van der Waals surface area contributed by atoms with Gasteiger partial charge in [0, 0.05) is 31.9 Å². The molecule has 0 aromatic heterocycles. The standard InChI is InChI=1S/C18H16N4O/c19-12-14-2-1-3-15(13-20)18(14)22-10-8-21(9-11-22)16-4-6-17(23)7-5-16/h1-7,23H,8-11H2. The average molecular weight is 304 g/mol. The molecule has 1 saturated heterocycles. The summed E-state index contributed by atoms with van der Waals surface area (Å²) >= 11 is 0. The van der Waals surface area contributed by atoms with Crippen LogP contribution in [0.1, 0.15) is 11.1 Å². The number of phenolic OH excluding ortho intramolecular Hbond substituents is 1. The quantitative estimate of drug-likeness (QED) is 0.922. The molecule has 1 fully saturated rings. The summed E-state index contributed by atoms with van der Waals surface area (Å²) in [6.07, 6.45) is 0. The van der Waals surface area contributed by atoms with Gasteiger partial charge in [0.1, 0.15) is 17.9 Å². The van der Waals surface area contributed by atoms with Crippen LogP contribution in [0.2, 0.25) is 0 Å². The number of phenols is 1. The highest BCUT2D eigenvalue weighted by Gasteiger charge is 2.21. The first-order chi connectivity index (χ1) is 11.2. The van der Waals surface area contributed by atoms with Gasteiger partial charge in [0.2, 0.25) is 0 Å². The number of rotatable bonds is 2. The number of anilines is 2. The number of nitrogens with zero attached hydrogens (tertiary/aromatic N) is 4. The van der Waals surface area contributed by atoms with Gasteiger partial charge in [-0.05, 0) is 36.4 Å². The number of aromatic hydroxyl groups is 1. The molecule has 1 heterocycles. The van der Waals surface area contributed by atoms with E-state index < -0.39 is 0 Å². The molecule has 5 heteroatoms. The van der Waals surface area contributed by atoms with Gasteiger partial charge in [0.25, 0.3) is 0 Å². The lowest BCUT2D eigenvalue weighted by Crippen LogP contribution is -2.47. The predicted octanol–water partition coefficient (Wildman–Crippen LogP) is 2.46. The third-order valence-corrected chi connectivity index (χ3v) is 4.09. The normalized spacial score (nSPS) is 14.2. The molecule has 3 rings (SSSR count). The van der Waals surface area contributed by atoms with Crippen LogP contribution in [0.5, 0.6) is 5.75 Å². The summed E-state index contributed by atoms with van der Waals surface area (Å²) in [5.41, 5.74) is 2.89. The summed E-state index contributed by atoms with van der Waals surface area (Å²) in [7, 11) is 0. The molecule has 0 aliphatic carbocycles. The molecule has 0 bridgehead atoms. The molecule has 2 aromatic rings. The van der Waals surface area contributed by atoms with E-state index in [0.29, 0.717) is 11.1 Å². The van der Waals surface area contributed by atoms with E-state index in [0.717, 1.165) is 37.6 Å². The van der Waals surface area contributed by atoms with Crippen molar-refractivity contribution in [1.29, 1.82) is 10.5 Å². The first-order valence-electron chi connectivity index (χ1n) is 7.45. The van der Waals surface area contributed by atoms with Gasteiger partial charge in [0.05, 0.1) is 16.8 Å². The zero-order valence-electron chi connectivity index (χ0n) is 12.6. The fraction of sp³-hybridized carbons (Fsp3) is 0.222. The molecule has 1 aliphatic rings. The number of benzene rings is 2. The molecule has 0 radical (unpaired) electrons. The largest absolute Gasteiger partial charge is 0.508 e. The number of para-hydroxylation sites is 1. The SMILES string of the molecule is N#Cc1cccc(C#N)c1N1CCN(c2ccc(O)cc2)CC1. The van der Waals surface area contributed by atoms with Crippen LogP contribution in [-0.4, -0.2) is 31.3 Å². The summed E-state index contributed by atoms with van der Waals surface area (Å²) in [5, 5.41) is 28.0.